The summed E-state index contributed by atoms with van der Waals surface area (Å²) >= 11 is 0. The van der Waals surface area contributed by atoms with Crippen LogP contribution in [0.15, 0.2) is 47.4 Å². The Balaban J connectivity index is 2.20. The van der Waals surface area contributed by atoms with Gasteiger partial charge >= 0.3 is 5.97 Å². The summed E-state index contributed by atoms with van der Waals surface area (Å²) < 4.78 is 5.97. The van der Waals surface area contributed by atoms with Gasteiger partial charge in [-0.2, -0.15) is 0 Å². The summed E-state index contributed by atoms with van der Waals surface area (Å²) in [5, 5.41) is 15.4. The molecule has 2 aromatic rings. The van der Waals surface area contributed by atoms with Gasteiger partial charge in [0.05, 0.1) is 20.1 Å². The first-order chi connectivity index (χ1) is 16.8. The highest BCUT2D eigenvalue weighted by molar-refractivity contribution is 5.99. The van der Waals surface area contributed by atoms with Gasteiger partial charge in [-0.25, -0.2) is 0 Å². The van der Waals surface area contributed by atoms with Gasteiger partial charge in [0.15, 0.2) is 17.2 Å². The van der Waals surface area contributed by atoms with Crippen molar-refractivity contribution in [1.82, 2.24) is 15.2 Å². The summed E-state index contributed by atoms with van der Waals surface area (Å²) in [5.74, 6) is -3.01. The molecule has 35 heavy (non-hydrogen) atoms. The van der Waals surface area contributed by atoms with Gasteiger partial charge in [0.2, 0.25) is 11.3 Å². The minimum absolute atomic E-state index is 0.0930. The number of ether oxygens (including phenoxy) is 1. The molecule has 3 N–H and O–H groups in total. The van der Waals surface area contributed by atoms with E-state index in [0.717, 1.165) is 12.0 Å². The Morgan fingerprint density at radius 2 is 1.80 bits per heavy atom. The summed E-state index contributed by atoms with van der Waals surface area (Å²) in [6.45, 7) is 2.04. The van der Waals surface area contributed by atoms with Crippen molar-refractivity contribution in [2.45, 2.75) is 51.6 Å². The van der Waals surface area contributed by atoms with E-state index in [9.17, 15) is 29.1 Å². The van der Waals surface area contributed by atoms with Gasteiger partial charge in [-0.05, 0) is 12.0 Å². The SMILES string of the molecule is CCCCn1ccc(=O)c(O)c1C(=O)N[C@@H](Cc1ccccc1)C(=O)NCC(=O)CCC(=O)OC. The maximum atomic E-state index is 13.1. The maximum Gasteiger partial charge on any atom is 0.305 e. The van der Waals surface area contributed by atoms with Crippen LogP contribution in [-0.4, -0.2) is 52.9 Å². The minimum Gasteiger partial charge on any atom is -0.503 e. The van der Waals surface area contributed by atoms with E-state index in [1.54, 1.807) is 24.3 Å². The first-order valence-corrected chi connectivity index (χ1v) is 11.4. The molecule has 0 aliphatic heterocycles. The van der Waals surface area contributed by atoms with Gasteiger partial charge in [-0.1, -0.05) is 43.7 Å². The number of Topliss-reactive ketones (excluding diaryl/α,β-unsaturated/α-hetero) is 1. The second-order valence-electron chi connectivity index (χ2n) is 7.97. The molecule has 0 fully saturated rings. The number of esters is 1. The Morgan fingerprint density at radius 1 is 1.09 bits per heavy atom. The van der Waals surface area contributed by atoms with Crippen LogP contribution in [0.25, 0.3) is 0 Å². The molecular weight excluding hydrogens is 454 g/mol. The molecule has 0 radical (unpaired) electrons. The molecule has 0 bridgehead atoms. The Kier molecular flexibility index (Phi) is 10.7. The number of unbranched alkanes of at least 4 members (excludes halogenated alkanes) is 1. The highest BCUT2D eigenvalue weighted by Crippen LogP contribution is 2.14. The largest absolute Gasteiger partial charge is 0.503 e. The van der Waals surface area contributed by atoms with Gasteiger partial charge in [0.25, 0.3) is 5.91 Å². The highest BCUT2D eigenvalue weighted by atomic mass is 16.5. The van der Waals surface area contributed by atoms with Gasteiger partial charge in [0.1, 0.15) is 6.04 Å². The summed E-state index contributed by atoms with van der Waals surface area (Å²) in [7, 11) is 1.22. The van der Waals surface area contributed by atoms with E-state index in [1.807, 2.05) is 13.0 Å². The van der Waals surface area contributed by atoms with E-state index in [-0.39, 0.29) is 37.3 Å². The topological polar surface area (TPSA) is 144 Å². The smallest absolute Gasteiger partial charge is 0.305 e. The number of aromatic hydroxyl groups is 1. The molecule has 0 saturated heterocycles. The number of carbonyl (C=O) groups excluding carboxylic acids is 4. The predicted molar refractivity (Wildman–Crippen MR) is 128 cm³/mol. The van der Waals surface area contributed by atoms with Crippen LogP contribution in [0.4, 0.5) is 0 Å². The van der Waals surface area contributed by atoms with Crippen molar-refractivity contribution >= 4 is 23.6 Å². The van der Waals surface area contributed by atoms with E-state index in [1.165, 1.54) is 23.9 Å². The number of hydrogen-bond donors (Lipinski definition) is 3. The lowest BCUT2D eigenvalue weighted by Crippen LogP contribution is -2.49. The molecule has 0 spiro atoms. The number of nitrogens with one attached hydrogen (secondary N) is 2. The number of nitrogens with zero attached hydrogens (tertiary/aromatic N) is 1. The molecule has 0 unspecified atom stereocenters. The first-order valence-electron chi connectivity index (χ1n) is 11.4. The van der Waals surface area contributed by atoms with Crippen LogP contribution in [0.1, 0.15) is 48.7 Å². The fourth-order valence-electron chi connectivity index (χ4n) is 3.34. The number of aryl methyl sites for hydroxylation is 1. The number of aromatic nitrogens is 1. The van der Waals surface area contributed by atoms with Gasteiger partial charge in [-0.15, -0.1) is 0 Å². The minimum atomic E-state index is -1.09. The molecule has 10 heteroatoms. The van der Waals surface area contributed by atoms with Crippen LogP contribution in [0.2, 0.25) is 0 Å². The lowest BCUT2D eigenvalue weighted by Gasteiger charge is -2.20. The number of ketones is 1. The third-order valence-electron chi connectivity index (χ3n) is 5.32. The van der Waals surface area contributed by atoms with Crippen LogP contribution in [0.3, 0.4) is 0 Å². The molecule has 2 amide bonds. The van der Waals surface area contributed by atoms with Crippen LogP contribution in [0.5, 0.6) is 5.75 Å². The first kappa shape index (κ1) is 27.3. The number of carbonyl (C=O) groups is 4. The molecule has 1 atom stereocenters. The fraction of sp³-hybridized carbons (Fsp3) is 0.400. The predicted octanol–water partition coefficient (Wildman–Crippen LogP) is 1.33. The van der Waals surface area contributed by atoms with E-state index in [4.69, 9.17) is 0 Å². The average molecular weight is 486 g/mol. The summed E-state index contributed by atoms with van der Waals surface area (Å²) in [4.78, 5) is 61.3. The second-order valence-corrected chi connectivity index (χ2v) is 7.97. The number of amides is 2. The van der Waals surface area contributed by atoms with Crippen molar-refractivity contribution in [2.24, 2.45) is 0 Å². The molecule has 2 rings (SSSR count). The van der Waals surface area contributed by atoms with Crippen molar-refractivity contribution in [3.05, 3.63) is 64.1 Å². The summed E-state index contributed by atoms with van der Waals surface area (Å²) in [6.07, 6.45) is 2.89. The van der Waals surface area contributed by atoms with Crippen molar-refractivity contribution in [3.63, 3.8) is 0 Å². The zero-order chi connectivity index (χ0) is 25.8. The lowest BCUT2D eigenvalue weighted by molar-refractivity contribution is -0.141. The summed E-state index contributed by atoms with van der Waals surface area (Å²) in [5.41, 5.74) is -0.181. The van der Waals surface area contributed by atoms with Crippen LogP contribution >= 0.6 is 0 Å². The van der Waals surface area contributed by atoms with Crippen LogP contribution in [-0.2, 0) is 32.1 Å². The Hall–Kier alpha value is -3.95. The van der Waals surface area contributed by atoms with E-state index in [2.05, 4.69) is 15.4 Å². The molecule has 0 aliphatic rings. The number of benzene rings is 1. The molecular formula is C25H31N3O7. The zero-order valence-corrected chi connectivity index (χ0v) is 19.9. The molecule has 1 heterocycles. The highest BCUT2D eigenvalue weighted by Gasteiger charge is 2.26. The number of rotatable bonds is 13. The number of pyridine rings is 1. The van der Waals surface area contributed by atoms with Crippen LogP contribution < -0.4 is 16.1 Å². The standard InChI is InChI=1S/C25H31N3O7/c1-3-4-13-28-14-12-20(30)23(32)22(28)25(34)27-19(15-17-8-6-5-7-9-17)24(33)26-16-18(29)10-11-21(31)35-2/h5-9,12,14,19,32H,3-4,10-11,13,15-16H2,1-2H3,(H,26,33)(H,27,34)/t19-/m0/s1. The van der Waals surface area contributed by atoms with Crippen molar-refractivity contribution in [1.29, 1.82) is 0 Å². The van der Waals surface area contributed by atoms with Gasteiger partial charge in [-0.3, -0.25) is 24.0 Å². The Bertz CT molecular complexity index is 1100. The number of hydrogen-bond acceptors (Lipinski definition) is 7. The molecule has 1 aromatic carbocycles. The molecule has 0 aliphatic carbocycles. The van der Waals surface area contributed by atoms with Gasteiger partial charge in [0, 0.05) is 31.6 Å². The molecule has 10 nitrogen and oxygen atoms in total. The lowest BCUT2D eigenvalue weighted by atomic mass is 10.0. The normalized spacial score (nSPS) is 11.4. The van der Waals surface area contributed by atoms with Crippen molar-refractivity contribution < 1.29 is 29.0 Å². The third kappa shape index (κ3) is 8.40. The molecule has 1 aromatic heterocycles. The van der Waals surface area contributed by atoms with E-state index in [0.29, 0.717) is 13.0 Å². The number of methoxy groups -OCH3 is 1. The monoisotopic (exact) mass is 485 g/mol. The van der Waals surface area contributed by atoms with Crippen molar-refractivity contribution in [3.8, 4) is 5.75 Å². The second kappa shape index (κ2) is 13.7. The third-order valence-corrected chi connectivity index (χ3v) is 5.32. The van der Waals surface area contributed by atoms with Crippen LogP contribution in [0, 0.1) is 0 Å². The van der Waals surface area contributed by atoms with Gasteiger partial charge < -0.3 is 25.0 Å². The fourth-order valence-corrected chi connectivity index (χ4v) is 3.34. The Labute approximate surface area is 203 Å². The zero-order valence-electron chi connectivity index (χ0n) is 19.9. The van der Waals surface area contributed by atoms with E-state index >= 15 is 0 Å². The van der Waals surface area contributed by atoms with Crippen molar-refractivity contribution in [2.75, 3.05) is 13.7 Å². The quantitative estimate of drug-likeness (QED) is 0.363. The Morgan fingerprint density at radius 3 is 2.46 bits per heavy atom. The molecule has 0 saturated carbocycles. The summed E-state index contributed by atoms with van der Waals surface area (Å²) in [6, 6.07) is 9.03. The maximum absolute atomic E-state index is 13.1. The average Bonchev–Trinajstić information content (AvgIpc) is 2.86. The van der Waals surface area contributed by atoms with E-state index < -0.39 is 35.0 Å². The molecule has 188 valence electrons.